The molecule has 0 radical (unpaired) electrons. The molecule has 8 nitrogen and oxygen atoms in total. The zero-order chi connectivity index (χ0) is 19.5. The first-order valence-corrected chi connectivity index (χ1v) is 10.0. The standard InChI is InChI=1S/C15H18ClN3O5S2/c1-15(2,3)18-26(21,22)12-7-9(5-6-11(12)23-4)14(20)24-8-10-13(16)25-19-17-10/h5-7,18H,8H2,1-4H3. The van der Waals surface area contributed by atoms with E-state index >= 15 is 0 Å². The van der Waals surface area contributed by atoms with Crippen molar-refractivity contribution in [2.75, 3.05) is 7.11 Å². The Kier molecular flexibility index (Phi) is 6.22. The molecule has 0 saturated heterocycles. The number of nitrogens with one attached hydrogen (secondary N) is 1. The van der Waals surface area contributed by atoms with Crippen LogP contribution >= 0.6 is 23.1 Å². The van der Waals surface area contributed by atoms with Gasteiger partial charge in [-0.05, 0) is 39.0 Å². The molecule has 11 heteroatoms. The van der Waals surface area contributed by atoms with Gasteiger partial charge in [-0.1, -0.05) is 16.1 Å². The average molecular weight is 420 g/mol. The van der Waals surface area contributed by atoms with Crippen molar-refractivity contribution in [2.24, 2.45) is 0 Å². The summed E-state index contributed by atoms with van der Waals surface area (Å²) in [6, 6.07) is 4.01. The van der Waals surface area contributed by atoms with Gasteiger partial charge in [0.15, 0.2) is 0 Å². The Morgan fingerprint density at radius 1 is 1.35 bits per heavy atom. The minimum Gasteiger partial charge on any atom is -0.495 e. The molecule has 0 saturated carbocycles. The summed E-state index contributed by atoms with van der Waals surface area (Å²) in [5.41, 5.74) is -0.311. The number of hydrogen-bond donors (Lipinski definition) is 1. The van der Waals surface area contributed by atoms with Crippen LogP contribution in [0.5, 0.6) is 5.75 Å². The van der Waals surface area contributed by atoms with Crippen LogP contribution in [0.1, 0.15) is 36.8 Å². The molecule has 26 heavy (non-hydrogen) atoms. The lowest BCUT2D eigenvalue weighted by Gasteiger charge is -2.21. The number of esters is 1. The van der Waals surface area contributed by atoms with Crippen LogP contribution in [0.15, 0.2) is 23.1 Å². The van der Waals surface area contributed by atoms with Crippen molar-refractivity contribution in [3.63, 3.8) is 0 Å². The Balaban J connectivity index is 2.28. The first-order chi connectivity index (χ1) is 12.0. The van der Waals surface area contributed by atoms with Gasteiger partial charge in [-0.2, -0.15) is 0 Å². The summed E-state index contributed by atoms with van der Waals surface area (Å²) >= 11 is 6.83. The summed E-state index contributed by atoms with van der Waals surface area (Å²) in [5, 5.41) is 3.74. The maximum Gasteiger partial charge on any atom is 0.338 e. The molecule has 0 aliphatic rings. The molecule has 0 spiro atoms. The molecular formula is C15H18ClN3O5S2. The van der Waals surface area contributed by atoms with Gasteiger partial charge in [0.25, 0.3) is 0 Å². The van der Waals surface area contributed by atoms with Gasteiger partial charge in [-0.25, -0.2) is 17.9 Å². The monoisotopic (exact) mass is 419 g/mol. The number of hydrogen-bond acceptors (Lipinski definition) is 8. The Hall–Kier alpha value is -1.75. The second-order valence-corrected chi connectivity index (χ2v) is 9.30. The average Bonchev–Trinajstić information content (AvgIpc) is 2.95. The minimum atomic E-state index is -3.91. The lowest BCUT2D eigenvalue weighted by molar-refractivity contribution is 0.0467. The van der Waals surface area contributed by atoms with Crippen molar-refractivity contribution in [1.82, 2.24) is 14.3 Å². The highest BCUT2D eigenvalue weighted by Gasteiger charge is 2.26. The second kappa shape index (κ2) is 7.87. The van der Waals surface area contributed by atoms with Gasteiger partial charge in [0, 0.05) is 17.1 Å². The second-order valence-electron chi connectivity index (χ2n) is 6.29. The molecule has 0 unspecified atom stereocenters. The third kappa shape index (κ3) is 5.13. The van der Waals surface area contributed by atoms with E-state index in [1.165, 1.54) is 25.3 Å². The van der Waals surface area contributed by atoms with Gasteiger partial charge in [-0.3, -0.25) is 0 Å². The summed E-state index contributed by atoms with van der Waals surface area (Å²) in [6.45, 7) is 4.96. The van der Waals surface area contributed by atoms with E-state index in [1.54, 1.807) is 20.8 Å². The molecule has 2 aromatic rings. The van der Waals surface area contributed by atoms with Crippen LogP contribution in [0.3, 0.4) is 0 Å². The number of halogens is 1. The fraction of sp³-hybridized carbons (Fsp3) is 0.400. The van der Waals surface area contributed by atoms with E-state index in [9.17, 15) is 13.2 Å². The topological polar surface area (TPSA) is 107 Å². The predicted octanol–water partition coefficient (Wildman–Crippen LogP) is 2.63. The van der Waals surface area contributed by atoms with Crippen LogP contribution in [-0.4, -0.2) is 36.6 Å². The van der Waals surface area contributed by atoms with Crippen molar-refractivity contribution in [3.05, 3.63) is 33.8 Å². The van der Waals surface area contributed by atoms with Crippen LogP contribution in [-0.2, 0) is 21.4 Å². The summed E-state index contributed by atoms with van der Waals surface area (Å²) in [5.74, 6) is -0.603. The first kappa shape index (κ1) is 20.6. The van der Waals surface area contributed by atoms with E-state index in [2.05, 4.69) is 14.3 Å². The quantitative estimate of drug-likeness (QED) is 0.717. The van der Waals surface area contributed by atoms with Crippen LogP contribution in [0.25, 0.3) is 0 Å². The number of ether oxygens (including phenoxy) is 2. The zero-order valence-electron chi connectivity index (χ0n) is 14.6. The molecule has 0 aliphatic carbocycles. The third-order valence-corrected chi connectivity index (χ3v) is 5.74. The summed E-state index contributed by atoms with van der Waals surface area (Å²) in [4.78, 5) is 12.1. The van der Waals surface area contributed by atoms with Gasteiger partial charge < -0.3 is 9.47 Å². The fourth-order valence-corrected chi connectivity index (χ4v) is 4.19. The van der Waals surface area contributed by atoms with Crippen LogP contribution < -0.4 is 9.46 Å². The van der Waals surface area contributed by atoms with Crippen molar-refractivity contribution >= 4 is 39.1 Å². The number of nitrogens with zero attached hydrogens (tertiary/aromatic N) is 2. The predicted molar refractivity (Wildman–Crippen MR) is 97.1 cm³/mol. The van der Waals surface area contributed by atoms with E-state index < -0.39 is 21.5 Å². The molecule has 1 N–H and O–H groups in total. The third-order valence-electron chi connectivity index (χ3n) is 2.98. The van der Waals surface area contributed by atoms with Gasteiger partial charge in [0.05, 0.1) is 12.7 Å². The van der Waals surface area contributed by atoms with Gasteiger partial charge in [0.2, 0.25) is 10.0 Å². The van der Waals surface area contributed by atoms with E-state index in [4.69, 9.17) is 21.1 Å². The van der Waals surface area contributed by atoms with E-state index in [0.717, 1.165) is 11.5 Å². The molecule has 1 aromatic heterocycles. The zero-order valence-corrected chi connectivity index (χ0v) is 17.0. The van der Waals surface area contributed by atoms with Crippen LogP contribution in [0.2, 0.25) is 4.34 Å². The van der Waals surface area contributed by atoms with Gasteiger partial charge >= 0.3 is 5.97 Å². The largest absolute Gasteiger partial charge is 0.495 e. The van der Waals surface area contributed by atoms with E-state index in [0.29, 0.717) is 10.0 Å². The number of carbonyl (C=O) groups is 1. The number of carbonyl (C=O) groups excluding carboxylic acids is 1. The van der Waals surface area contributed by atoms with Crippen molar-refractivity contribution in [3.8, 4) is 5.75 Å². The van der Waals surface area contributed by atoms with Crippen molar-refractivity contribution < 1.29 is 22.7 Å². The lowest BCUT2D eigenvalue weighted by atomic mass is 10.1. The highest BCUT2D eigenvalue weighted by Crippen LogP contribution is 2.26. The number of aromatic nitrogens is 2. The molecule has 1 aromatic carbocycles. The number of methoxy groups -OCH3 is 1. The molecule has 0 atom stereocenters. The molecule has 0 amide bonds. The number of benzene rings is 1. The molecular weight excluding hydrogens is 402 g/mol. The minimum absolute atomic E-state index is 0.0550. The maximum absolute atomic E-state index is 12.6. The molecule has 0 fully saturated rings. The lowest BCUT2D eigenvalue weighted by Crippen LogP contribution is -2.40. The highest BCUT2D eigenvalue weighted by atomic mass is 35.5. The molecule has 142 valence electrons. The Morgan fingerprint density at radius 3 is 2.58 bits per heavy atom. The van der Waals surface area contributed by atoms with Crippen LogP contribution in [0, 0.1) is 0 Å². The maximum atomic E-state index is 12.6. The molecule has 0 aliphatic heterocycles. The normalized spacial score (nSPS) is 12.0. The van der Waals surface area contributed by atoms with Crippen LogP contribution in [0.4, 0.5) is 0 Å². The fourth-order valence-electron chi connectivity index (χ4n) is 1.97. The molecule has 0 bridgehead atoms. The summed E-state index contributed by atoms with van der Waals surface area (Å²) < 4.78 is 41.9. The molecule has 1 heterocycles. The molecule has 2 rings (SSSR count). The summed E-state index contributed by atoms with van der Waals surface area (Å²) in [6.07, 6.45) is 0. The van der Waals surface area contributed by atoms with Gasteiger partial charge in [0.1, 0.15) is 27.3 Å². The summed E-state index contributed by atoms with van der Waals surface area (Å²) in [7, 11) is -2.56. The van der Waals surface area contributed by atoms with Gasteiger partial charge in [-0.15, -0.1) is 5.10 Å². The highest BCUT2D eigenvalue weighted by molar-refractivity contribution is 7.89. The first-order valence-electron chi connectivity index (χ1n) is 7.39. The number of sulfonamides is 1. The Bertz CT molecular complexity index is 906. The Labute approximate surface area is 160 Å². The van der Waals surface area contributed by atoms with Crippen molar-refractivity contribution in [2.45, 2.75) is 37.8 Å². The van der Waals surface area contributed by atoms with E-state index in [1.807, 2.05) is 0 Å². The smallest absolute Gasteiger partial charge is 0.338 e. The van der Waals surface area contributed by atoms with Crippen molar-refractivity contribution in [1.29, 1.82) is 0 Å². The SMILES string of the molecule is COc1ccc(C(=O)OCc2nnsc2Cl)cc1S(=O)(=O)NC(C)(C)C. The number of rotatable bonds is 6. The van der Waals surface area contributed by atoms with E-state index in [-0.39, 0.29) is 22.8 Å². The Morgan fingerprint density at radius 2 is 2.04 bits per heavy atom.